The van der Waals surface area contributed by atoms with Gasteiger partial charge >= 0.3 is 11.9 Å². The van der Waals surface area contributed by atoms with Crippen LogP contribution in [0.3, 0.4) is 0 Å². The van der Waals surface area contributed by atoms with Gasteiger partial charge in [0.05, 0.1) is 7.11 Å². The van der Waals surface area contributed by atoms with Crippen molar-refractivity contribution in [2.24, 2.45) is 0 Å². The molecule has 0 rings (SSSR count). The van der Waals surface area contributed by atoms with Gasteiger partial charge in [0.1, 0.15) is 6.61 Å². The number of allylic oxidation sites excluding steroid dienone is 3. The van der Waals surface area contributed by atoms with Gasteiger partial charge in [0.15, 0.2) is 0 Å². The normalized spacial score (nSPS) is 11.3. The molecular formula is C11H14O4. The number of ether oxygens (including phenoxy) is 2. The predicted octanol–water partition coefficient (Wildman–Crippen LogP) is 1.39. The first kappa shape index (κ1) is 13.2. The summed E-state index contributed by atoms with van der Waals surface area (Å²) in [5.74, 6) is -1.16. The van der Waals surface area contributed by atoms with Gasteiger partial charge in [0.2, 0.25) is 0 Å². The van der Waals surface area contributed by atoms with Gasteiger partial charge in [-0.2, -0.15) is 0 Å². The Balaban J connectivity index is 3.75. The fraction of sp³-hybridized carbons (Fsp3) is 0.273. The van der Waals surface area contributed by atoms with E-state index in [0.717, 1.165) is 12.2 Å². The second-order valence-corrected chi connectivity index (χ2v) is 2.44. The number of carbonyl (C=O) groups excluding carboxylic acids is 2. The minimum absolute atomic E-state index is 0.175. The highest BCUT2D eigenvalue weighted by Crippen LogP contribution is 1.85. The molecule has 0 amide bonds. The maximum atomic E-state index is 10.9. The summed E-state index contributed by atoms with van der Waals surface area (Å²) in [7, 11) is 1.23. The van der Waals surface area contributed by atoms with Crippen LogP contribution in [0.2, 0.25) is 0 Å². The standard InChI is InChI=1S/C11H14O4/c1-3-4-5-6-9-15-11(13)8-7-10(12)14-2/h3-8H,9H2,1-2H3/b4-3+,6-5+,8-7+. The molecule has 0 spiro atoms. The highest BCUT2D eigenvalue weighted by atomic mass is 16.5. The Labute approximate surface area is 88.9 Å². The molecule has 0 radical (unpaired) electrons. The van der Waals surface area contributed by atoms with Crippen LogP contribution in [0.5, 0.6) is 0 Å². The molecule has 0 saturated carbocycles. The molecule has 82 valence electrons. The summed E-state index contributed by atoms with van der Waals surface area (Å²) in [6.07, 6.45) is 9.15. The van der Waals surface area contributed by atoms with E-state index in [0.29, 0.717) is 0 Å². The molecule has 0 bridgehead atoms. The van der Waals surface area contributed by atoms with Crippen LogP contribution in [0.15, 0.2) is 36.5 Å². The van der Waals surface area contributed by atoms with Gasteiger partial charge in [-0.1, -0.05) is 18.2 Å². The number of hydrogen-bond acceptors (Lipinski definition) is 4. The van der Waals surface area contributed by atoms with Crippen LogP contribution in [0.1, 0.15) is 6.92 Å². The van der Waals surface area contributed by atoms with Crippen molar-refractivity contribution in [2.45, 2.75) is 6.92 Å². The van der Waals surface area contributed by atoms with E-state index in [1.165, 1.54) is 7.11 Å². The molecule has 0 N–H and O–H groups in total. The summed E-state index contributed by atoms with van der Waals surface area (Å²) in [5.41, 5.74) is 0. The van der Waals surface area contributed by atoms with E-state index in [4.69, 9.17) is 4.74 Å². The van der Waals surface area contributed by atoms with Gasteiger partial charge < -0.3 is 9.47 Å². The van der Waals surface area contributed by atoms with Crippen LogP contribution in [0.4, 0.5) is 0 Å². The molecule has 0 aliphatic heterocycles. The number of hydrogen-bond donors (Lipinski definition) is 0. The maximum absolute atomic E-state index is 10.9. The fourth-order valence-electron chi connectivity index (χ4n) is 0.628. The summed E-state index contributed by atoms with van der Waals surface area (Å²) in [5, 5.41) is 0. The molecule has 0 aromatic rings. The summed E-state index contributed by atoms with van der Waals surface area (Å²) in [6, 6.07) is 0. The lowest BCUT2D eigenvalue weighted by atomic mass is 10.4. The number of methoxy groups -OCH3 is 1. The largest absolute Gasteiger partial charge is 0.466 e. The smallest absolute Gasteiger partial charge is 0.331 e. The molecule has 0 heterocycles. The average Bonchev–Trinajstić information content (AvgIpc) is 2.25. The van der Waals surface area contributed by atoms with E-state index in [9.17, 15) is 9.59 Å². The average molecular weight is 210 g/mol. The second-order valence-electron chi connectivity index (χ2n) is 2.44. The first-order valence-electron chi connectivity index (χ1n) is 4.41. The van der Waals surface area contributed by atoms with Crippen LogP contribution in [0.25, 0.3) is 0 Å². The van der Waals surface area contributed by atoms with Crippen LogP contribution in [-0.2, 0) is 19.1 Å². The van der Waals surface area contributed by atoms with Crippen molar-refractivity contribution < 1.29 is 19.1 Å². The number of rotatable bonds is 5. The number of carbonyl (C=O) groups is 2. The minimum Gasteiger partial charge on any atom is -0.466 e. The van der Waals surface area contributed by atoms with Crippen molar-refractivity contribution >= 4 is 11.9 Å². The third-order valence-corrected chi connectivity index (χ3v) is 1.32. The molecule has 4 nitrogen and oxygen atoms in total. The first-order chi connectivity index (χ1) is 7.20. The third-order valence-electron chi connectivity index (χ3n) is 1.32. The van der Waals surface area contributed by atoms with Gasteiger partial charge in [-0.3, -0.25) is 0 Å². The van der Waals surface area contributed by atoms with Gasteiger partial charge in [-0.25, -0.2) is 9.59 Å². The van der Waals surface area contributed by atoms with Crippen LogP contribution >= 0.6 is 0 Å². The molecule has 0 aromatic heterocycles. The summed E-state index contributed by atoms with van der Waals surface area (Å²) in [4.78, 5) is 21.5. The molecule has 0 saturated heterocycles. The minimum atomic E-state index is -0.587. The highest BCUT2D eigenvalue weighted by molar-refractivity contribution is 5.91. The number of esters is 2. The van der Waals surface area contributed by atoms with Crippen molar-refractivity contribution in [1.82, 2.24) is 0 Å². The van der Waals surface area contributed by atoms with Crippen molar-refractivity contribution in [3.63, 3.8) is 0 Å². The molecule has 4 heteroatoms. The lowest BCUT2D eigenvalue weighted by Gasteiger charge is -1.95. The van der Waals surface area contributed by atoms with Crippen LogP contribution in [-0.4, -0.2) is 25.7 Å². The summed E-state index contributed by atoms with van der Waals surface area (Å²) >= 11 is 0. The molecule has 0 fully saturated rings. The third kappa shape index (κ3) is 8.49. The van der Waals surface area contributed by atoms with Crippen LogP contribution in [0, 0.1) is 0 Å². The van der Waals surface area contributed by atoms with E-state index < -0.39 is 11.9 Å². The van der Waals surface area contributed by atoms with E-state index in [1.807, 2.05) is 19.1 Å². The Bertz CT molecular complexity index is 287. The van der Waals surface area contributed by atoms with Gasteiger partial charge in [0, 0.05) is 12.2 Å². The summed E-state index contributed by atoms with van der Waals surface area (Å²) < 4.78 is 9.03. The Kier molecular flexibility index (Phi) is 7.67. The Morgan fingerprint density at radius 1 is 1.13 bits per heavy atom. The van der Waals surface area contributed by atoms with Gasteiger partial charge in [-0.05, 0) is 13.0 Å². The lowest BCUT2D eigenvalue weighted by Crippen LogP contribution is -2.02. The zero-order valence-corrected chi connectivity index (χ0v) is 8.80. The molecular weight excluding hydrogens is 196 g/mol. The van der Waals surface area contributed by atoms with Crippen molar-refractivity contribution in [2.75, 3.05) is 13.7 Å². The van der Waals surface area contributed by atoms with Crippen LogP contribution < -0.4 is 0 Å². The van der Waals surface area contributed by atoms with Gasteiger partial charge in [-0.15, -0.1) is 0 Å². The lowest BCUT2D eigenvalue weighted by molar-refractivity contribution is -0.138. The quantitative estimate of drug-likeness (QED) is 0.391. The molecule has 0 aliphatic rings. The molecule has 15 heavy (non-hydrogen) atoms. The van der Waals surface area contributed by atoms with Crippen molar-refractivity contribution in [3.05, 3.63) is 36.5 Å². The maximum Gasteiger partial charge on any atom is 0.331 e. The molecule has 0 aromatic carbocycles. The Morgan fingerprint density at radius 3 is 2.40 bits per heavy atom. The van der Waals surface area contributed by atoms with Crippen molar-refractivity contribution in [3.8, 4) is 0 Å². The zero-order chi connectivity index (χ0) is 11.5. The second kappa shape index (κ2) is 8.74. The Morgan fingerprint density at radius 2 is 1.80 bits per heavy atom. The van der Waals surface area contributed by atoms with E-state index >= 15 is 0 Å². The SMILES string of the molecule is C/C=C/C=C/COC(=O)/C=C/C(=O)OC. The zero-order valence-electron chi connectivity index (χ0n) is 8.80. The Hall–Kier alpha value is -1.84. The first-order valence-corrected chi connectivity index (χ1v) is 4.41. The van der Waals surface area contributed by atoms with Crippen molar-refractivity contribution in [1.29, 1.82) is 0 Å². The fourth-order valence-corrected chi connectivity index (χ4v) is 0.628. The van der Waals surface area contributed by atoms with E-state index in [2.05, 4.69) is 4.74 Å². The predicted molar refractivity (Wildman–Crippen MR) is 56.1 cm³/mol. The topological polar surface area (TPSA) is 52.6 Å². The van der Waals surface area contributed by atoms with Gasteiger partial charge in [0.25, 0.3) is 0 Å². The van der Waals surface area contributed by atoms with E-state index in [1.54, 1.807) is 12.2 Å². The molecule has 0 aliphatic carbocycles. The summed E-state index contributed by atoms with van der Waals surface area (Å²) in [6.45, 7) is 2.06. The molecule has 0 atom stereocenters. The highest BCUT2D eigenvalue weighted by Gasteiger charge is 1.96. The van der Waals surface area contributed by atoms with E-state index in [-0.39, 0.29) is 6.61 Å². The molecule has 0 unspecified atom stereocenters. The monoisotopic (exact) mass is 210 g/mol.